The summed E-state index contributed by atoms with van der Waals surface area (Å²) in [4.78, 5) is 10.2. The van der Waals surface area contributed by atoms with E-state index < -0.39 is 5.97 Å². The molecule has 0 aromatic rings. The molecule has 16 heavy (non-hydrogen) atoms. The molecule has 0 spiro atoms. The first kappa shape index (κ1) is 15.7. The van der Waals surface area contributed by atoms with Gasteiger partial charge >= 0.3 is 5.97 Å². The Morgan fingerprint density at radius 2 is 1.56 bits per heavy atom. The summed E-state index contributed by atoms with van der Waals surface area (Å²) in [7, 11) is 0. The molecule has 0 aliphatic carbocycles. The van der Waals surface area contributed by atoms with Gasteiger partial charge in [0.1, 0.15) is 0 Å². The second-order valence-corrected chi connectivity index (χ2v) is 4.56. The molecule has 2 N–H and O–H groups in total. The molecule has 0 saturated heterocycles. The number of hydrogen-bond donors (Lipinski definition) is 2. The number of hydrogen-bond acceptors (Lipinski definition) is 2. The molecule has 0 heterocycles. The van der Waals surface area contributed by atoms with Crippen LogP contribution < -0.4 is 0 Å². The van der Waals surface area contributed by atoms with E-state index in [2.05, 4.69) is 0 Å². The molecule has 0 aliphatic rings. The van der Waals surface area contributed by atoms with E-state index in [0.717, 1.165) is 50.8 Å². The molecule has 0 aromatic carbocycles. The van der Waals surface area contributed by atoms with Crippen molar-refractivity contribution in [2.75, 3.05) is 5.88 Å². The third kappa shape index (κ3) is 11.8. The van der Waals surface area contributed by atoms with Crippen molar-refractivity contribution in [2.24, 2.45) is 0 Å². The van der Waals surface area contributed by atoms with Crippen molar-refractivity contribution in [2.45, 2.75) is 63.9 Å². The zero-order chi connectivity index (χ0) is 12.2. The average Bonchev–Trinajstić information content (AvgIpc) is 2.24. The third-order valence-corrected chi connectivity index (χ3v) is 2.87. The summed E-state index contributed by atoms with van der Waals surface area (Å²) in [5.41, 5.74) is 0. The van der Waals surface area contributed by atoms with Crippen LogP contribution in [0, 0.1) is 0 Å². The van der Waals surface area contributed by atoms with Crippen LogP contribution in [-0.2, 0) is 4.79 Å². The molecule has 0 amide bonds. The average molecular weight is 251 g/mol. The molecule has 0 aromatic heterocycles. The number of aliphatic hydroxyl groups excluding tert-OH is 1. The SMILES string of the molecule is O=C(O)CCCCC(O)CCCCCCCl. The molecule has 1 unspecified atom stereocenters. The number of carboxylic acids is 1. The third-order valence-electron chi connectivity index (χ3n) is 2.60. The zero-order valence-electron chi connectivity index (χ0n) is 9.83. The number of unbranched alkanes of at least 4 members (excludes halogenated alkanes) is 4. The van der Waals surface area contributed by atoms with Crippen LogP contribution in [0.4, 0.5) is 0 Å². The van der Waals surface area contributed by atoms with Crippen LogP contribution >= 0.6 is 11.6 Å². The molecule has 3 nitrogen and oxygen atoms in total. The fourth-order valence-electron chi connectivity index (χ4n) is 1.63. The van der Waals surface area contributed by atoms with Crippen LogP contribution in [0.5, 0.6) is 0 Å². The molecular formula is C12H23ClO3. The molecule has 0 bridgehead atoms. The van der Waals surface area contributed by atoms with E-state index in [1.165, 1.54) is 0 Å². The van der Waals surface area contributed by atoms with Gasteiger partial charge in [-0.2, -0.15) is 0 Å². The van der Waals surface area contributed by atoms with Gasteiger partial charge in [0, 0.05) is 12.3 Å². The predicted octanol–water partition coefficient (Wildman–Crippen LogP) is 3.18. The monoisotopic (exact) mass is 250 g/mol. The van der Waals surface area contributed by atoms with Crippen LogP contribution in [0.15, 0.2) is 0 Å². The molecule has 96 valence electrons. The van der Waals surface area contributed by atoms with Gasteiger partial charge in [-0.05, 0) is 25.7 Å². The highest BCUT2D eigenvalue weighted by Crippen LogP contribution is 2.11. The molecule has 0 saturated carbocycles. The quantitative estimate of drug-likeness (QED) is 0.437. The van der Waals surface area contributed by atoms with Gasteiger partial charge in [-0.3, -0.25) is 4.79 Å². The first-order valence-corrected chi connectivity index (χ1v) is 6.66. The lowest BCUT2D eigenvalue weighted by atomic mass is 10.0. The van der Waals surface area contributed by atoms with E-state index in [4.69, 9.17) is 16.7 Å². The van der Waals surface area contributed by atoms with Gasteiger partial charge in [-0.15, -0.1) is 11.6 Å². The maximum absolute atomic E-state index is 10.2. The summed E-state index contributed by atoms with van der Waals surface area (Å²) in [6.45, 7) is 0. The second-order valence-electron chi connectivity index (χ2n) is 4.19. The molecule has 0 radical (unpaired) electrons. The maximum atomic E-state index is 10.2. The lowest BCUT2D eigenvalue weighted by Crippen LogP contribution is -2.06. The van der Waals surface area contributed by atoms with E-state index in [1.807, 2.05) is 0 Å². The van der Waals surface area contributed by atoms with Crippen molar-refractivity contribution in [3.05, 3.63) is 0 Å². The summed E-state index contributed by atoms with van der Waals surface area (Å²) >= 11 is 5.56. The van der Waals surface area contributed by atoms with Gasteiger partial charge in [-0.25, -0.2) is 0 Å². The predicted molar refractivity (Wildman–Crippen MR) is 65.9 cm³/mol. The lowest BCUT2D eigenvalue weighted by Gasteiger charge is -2.09. The molecule has 1 atom stereocenters. The van der Waals surface area contributed by atoms with Gasteiger partial charge in [-0.1, -0.05) is 25.7 Å². The smallest absolute Gasteiger partial charge is 0.303 e. The Labute approximate surface area is 103 Å². The van der Waals surface area contributed by atoms with Crippen molar-refractivity contribution in [1.82, 2.24) is 0 Å². The zero-order valence-corrected chi connectivity index (χ0v) is 10.6. The maximum Gasteiger partial charge on any atom is 0.303 e. The minimum absolute atomic E-state index is 0.211. The standard InChI is InChI=1S/C12H23ClO3/c13-10-6-2-1-3-7-11(14)8-4-5-9-12(15)16/h11,14H,1-10H2,(H,15,16). The number of carboxylic acid groups (broad SMARTS) is 1. The number of rotatable bonds is 11. The Bertz CT molecular complexity index is 174. The summed E-state index contributed by atoms with van der Waals surface area (Å²) in [6.07, 6.45) is 7.32. The highest BCUT2D eigenvalue weighted by atomic mass is 35.5. The minimum atomic E-state index is -0.754. The summed E-state index contributed by atoms with van der Waals surface area (Å²) in [5, 5.41) is 18.0. The van der Waals surface area contributed by atoms with Crippen molar-refractivity contribution in [1.29, 1.82) is 0 Å². The number of aliphatic hydroxyl groups is 1. The molecule has 4 heteroatoms. The number of alkyl halides is 1. The van der Waals surface area contributed by atoms with E-state index in [-0.39, 0.29) is 12.5 Å². The molecule has 0 fully saturated rings. The van der Waals surface area contributed by atoms with Crippen LogP contribution in [-0.4, -0.2) is 28.2 Å². The summed E-state index contributed by atoms with van der Waals surface area (Å²) < 4.78 is 0. The second kappa shape index (κ2) is 11.2. The van der Waals surface area contributed by atoms with Crippen molar-refractivity contribution in [3.63, 3.8) is 0 Å². The molecular weight excluding hydrogens is 228 g/mol. The Balaban J connectivity index is 3.18. The Kier molecular flexibility index (Phi) is 11.0. The van der Waals surface area contributed by atoms with E-state index >= 15 is 0 Å². The van der Waals surface area contributed by atoms with Gasteiger partial charge < -0.3 is 10.2 Å². The number of carbonyl (C=O) groups is 1. The highest BCUT2D eigenvalue weighted by Gasteiger charge is 2.04. The lowest BCUT2D eigenvalue weighted by molar-refractivity contribution is -0.137. The van der Waals surface area contributed by atoms with Gasteiger partial charge in [0.15, 0.2) is 0 Å². The number of aliphatic carboxylic acids is 1. The van der Waals surface area contributed by atoms with Crippen LogP contribution in [0.3, 0.4) is 0 Å². The summed E-state index contributed by atoms with van der Waals surface area (Å²) in [6, 6.07) is 0. The first-order chi connectivity index (χ1) is 7.66. The fourth-order valence-corrected chi connectivity index (χ4v) is 1.82. The Hall–Kier alpha value is -0.280. The topological polar surface area (TPSA) is 57.5 Å². The van der Waals surface area contributed by atoms with Crippen molar-refractivity contribution in [3.8, 4) is 0 Å². The number of halogens is 1. The Morgan fingerprint density at radius 1 is 1.00 bits per heavy atom. The van der Waals surface area contributed by atoms with Crippen LogP contribution in [0.2, 0.25) is 0 Å². The molecule has 0 rings (SSSR count). The van der Waals surface area contributed by atoms with Gasteiger partial charge in [0.2, 0.25) is 0 Å². The van der Waals surface area contributed by atoms with Crippen molar-refractivity contribution < 1.29 is 15.0 Å². The van der Waals surface area contributed by atoms with E-state index in [1.54, 1.807) is 0 Å². The normalized spacial score (nSPS) is 12.6. The Morgan fingerprint density at radius 3 is 2.12 bits per heavy atom. The van der Waals surface area contributed by atoms with Crippen molar-refractivity contribution >= 4 is 17.6 Å². The van der Waals surface area contributed by atoms with Crippen LogP contribution in [0.25, 0.3) is 0 Å². The van der Waals surface area contributed by atoms with Crippen LogP contribution in [0.1, 0.15) is 57.8 Å². The molecule has 0 aliphatic heterocycles. The first-order valence-electron chi connectivity index (χ1n) is 6.12. The summed E-state index contributed by atoms with van der Waals surface area (Å²) in [5.74, 6) is -0.0341. The van der Waals surface area contributed by atoms with E-state index in [9.17, 15) is 9.90 Å². The van der Waals surface area contributed by atoms with E-state index in [0.29, 0.717) is 6.42 Å². The van der Waals surface area contributed by atoms with Gasteiger partial charge in [0.05, 0.1) is 6.10 Å². The largest absolute Gasteiger partial charge is 0.481 e. The van der Waals surface area contributed by atoms with Gasteiger partial charge in [0.25, 0.3) is 0 Å². The fraction of sp³-hybridized carbons (Fsp3) is 0.917. The minimum Gasteiger partial charge on any atom is -0.481 e. The highest BCUT2D eigenvalue weighted by molar-refractivity contribution is 6.17.